The third kappa shape index (κ3) is 4.24. The number of aromatic nitrogens is 2. The molecule has 0 saturated carbocycles. The molecule has 3 aromatic rings. The number of carbonyl (C=O) groups is 2. The van der Waals surface area contributed by atoms with Crippen LogP contribution in [0, 0.1) is 11.3 Å². The van der Waals surface area contributed by atoms with Gasteiger partial charge in [0.25, 0.3) is 11.8 Å². The number of allylic oxidation sites excluding steroid dienone is 1. The Balaban J connectivity index is 1.45. The van der Waals surface area contributed by atoms with Crippen LogP contribution in [0.4, 0.5) is 5.69 Å². The highest BCUT2D eigenvalue weighted by Gasteiger charge is 2.45. The number of nitrogens with zero attached hydrogens (tertiary/aromatic N) is 4. The number of benzene rings is 2. The van der Waals surface area contributed by atoms with E-state index in [1.165, 1.54) is 6.07 Å². The molecule has 1 unspecified atom stereocenters. The number of hydrogen-bond donors (Lipinski definition) is 2. The predicted molar refractivity (Wildman–Crippen MR) is 138 cm³/mol. The molecule has 2 N–H and O–H groups in total. The van der Waals surface area contributed by atoms with E-state index in [-0.39, 0.29) is 51.4 Å². The number of nitriles is 1. The number of aliphatic hydroxyl groups is 1. The summed E-state index contributed by atoms with van der Waals surface area (Å²) < 4.78 is 25.4. The van der Waals surface area contributed by atoms with Gasteiger partial charge in [0.1, 0.15) is 28.1 Å². The van der Waals surface area contributed by atoms with E-state index in [4.69, 9.17) is 11.6 Å². The Kier molecular flexibility index (Phi) is 6.01. The molecule has 0 aliphatic carbocycles. The molecule has 10 nitrogen and oxygen atoms in total. The lowest BCUT2D eigenvalue weighted by atomic mass is 10.1. The summed E-state index contributed by atoms with van der Waals surface area (Å²) in [7, 11) is -1.59. The lowest BCUT2D eigenvalue weighted by Crippen LogP contribution is -2.42. The topological polar surface area (TPSA) is 145 Å². The van der Waals surface area contributed by atoms with E-state index < -0.39 is 27.7 Å². The third-order valence-corrected chi connectivity index (χ3v) is 8.50. The third-order valence-electron chi connectivity index (χ3n) is 6.40. The van der Waals surface area contributed by atoms with Crippen molar-refractivity contribution in [3.05, 3.63) is 70.6 Å². The predicted octanol–water partition coefficient (Wildman–Crippen LogP) is 2.94. The second-order valence-electron chi connectivity index (χ2n) is 8.75. The van der Waals surface area contributed by atoms with Gasteiger partial charge in [-0.2, -0.15) is 5.26 Å². The first-order valence-electron chi connectivity index (χ1n) is 11.2. The molecule has 37 heavy (non-hydrogen) atoms. The summed E-state index contributed by atoms with van der Waals surface area (Å²) in [6.45, 7) is 0. The number of imidazole rings is 1. The minimum atomic E-state index is -3.33. The Morgan fingerprint density at radius 1 is 1.19 bits per heavy atom. The van der Waals surface area contributed by atoms with Gasteiger partial charge in [-0.1, -0.05) is 35.9 Å². The van der Waals surface area contributed by atoms with E-state index >= 15 is 0 Å². The Bertz CT molecular complexity index is 1700. The van der Waals surface area contributed by atoms with Gasteiger partial charge in [-0.25, -0.2) is 13.4 Å². The molecule has 2 aromatic carbocycles. The summed E-state index contributed by atoms with van der Waals surface area (Å²) in [5.74, 6) is -1.92. The molecule has 2 aliphatic heterocycles. The zero-order valence-electron chi connectivity index (χ0n) is 19.5. The normalized spacial score (nSPS) is 19.9. The zero-order chi connectivity index (χ0) is 26.5. The van der Waals surface area contributed by atoms with Gasteiger partial charge in [0.05, 0.1) is 28.6 Å². The average molecular weight is 538 g/mol. The fourth-order valence-corrected chi connectivity index (χ4v) is 6.47. The molecule has 3 heterocycles. The molecule has 0 spiro atoms. The van der Waals surface area contributed by atoms with Crippen molar-refractivity contribution in [1.29, 1.82) is 5.26 Å². The molecule has 188 valence electrons. The molecule has 0 bridgehead atoms. The van der Waals surface area contributed by atoms with Crippen molar-refractivity contribution in [1.82, 2.24) is 14.5 Å². The van der Waals surface area contributed by atoms with E-state index in [1.54, 1.807) is 35.9 Å². The number of para-hydroxylation sites is 2. The van der Waals surface area contributed by atoms with E-state index in [2.05, 4.69) is 10.3 Å². The highest BCUT2D eigenvalue weighted by molar-refractivity contribution is 7.91. The van der Waals surface area contributed by atoms with Gasteiger partial charge >= 0.3 is 0 Å². The monoisotopic (exact) mass is 537 g/mol. The minimum Gasteiger partial charge on any atom is -0.506 e. The maximum Gasteiger partial charge on any atom is 0.279 e. The van der Waals surface area contributed by atoms with Crippen LogP contribution in [0.2, 0.25) is 0 Å². The van der Waals surface area contributed by atoms with Crippen molar-refractivity contribution in [3.8, 4) is 6.07 Å². The summed E-state index contributed by atoms with van der Waals surface area (Å²) >= 11 is 6.17. The number of fused-ring (bicyclic) bond motifs is 1. The van der Waals surface area contributed by atoms with Crippen LogP contribution in [0.15, 0.2) is 59.3 Å². The maximum absolute atomic E-state index is 13.0. The number of carbonyl (C=O) groups excluding carboxylic acids is 2. The second-order valence-corrected chi connectivity index (χ2v) is 11.4. The summed E-state index contributed by atoms with van der Waals surface area (Å²) in [6.07, 6.45) is 0.157. The first-order chi connectivity index (χ1) is 17.6. The van der Waals surface area contributed by atoms with Gasteiger partial charge in [-0.15, -0.1) is 0 Å². The van der Waals surface area contributed by atoms with Crippen LogP contribution < -0.4 is 5.32 Å². The van der Waals surface area contributed by atoms with Gasteiger partial charge in [0.2, 0.25) is 0 Å². The van der Waals surface area contributed by atoms with Crippen molar-refractivity contribution in [2.24, 2.45) is 7.05 Å². The first-order valence-corrected chi connectivity index (χ1v) is 13.4. The molecule has 1 aromatic heterocycles. The van der Waals surface area contributed by atoms with Crippen LogP contribution in [-0.4, -0.2) is 57.3 Å². The Hall–Kier alpha value is -4.14. The van der Waals surface area contributed by atoms with Gasteiger partial charge < -0.3 is 15.0 Å². The lowest BCUT2D eigenvalue weighted by Gasteiger charge is -2.21. The number of anilines is 1. The molecule has 5 rings (SSSR count). The second kappa shape index (κ2) is 9.06. The molecule has 1 fully saturated rings. The Labute approximate surface area is 217 Å². The highest BCUT2D eigenvalue weighted by Crippen LogP contribution is 2.32. The van der Waals surface area contributed by atoms with E-state index in [0.717, 1.165) is 10.4 Å². The number of hydrogen-bond acceptors (Lipinski definition) is 8. The zero-order valence-corrected chi connectivity index (χ0v) is 21.0. The fraction of sp³-hybridized carbons (Fsp3) is 0.200. The molecular weight excluding hydrogens is 518 g/mol. The lowest BCUT2D eigenvalue weighted by molar-refractivity contribution is -0.139. The Morgan fingerprint density at radius 3 is 2.62 bits per heavy atom. The van der Waals surface area contributed by atoms with Gasteiger partial charge in [0, 0.05) is 18.3 Å². The number of aliphatic hydroxyl groups excluding tert-OH is 1. The smallest absolute Gasteiger partial charge is 0.279 e. The SMILES string of the molecule is Cn1c(C(C#N)=C(O)c2cccc(NC3=C(Cl)C(=O)N(C4CCS(=O)(=O)C4)C3=O)c2)nc2ccccc21. The summed E-state index contributed by atoms with van der Waals surface area (Å²) in [5.41, 5.74) is 1.81. The van der Waals surface area contributed by atoms with Crippen molar-refractivity contribution in [3.63, 3.8) is 0 Å². The van der Waals surface area contributed by atoms with Crippen molar-refractivity contribution < 1.29 is 23.1 Å². The molecule has 12 heteroatoms. The minimum absolute atomic E-state index is 0.0474. The fourth-order valence-electron chi connectivity index (χ4n) is 4.55. The quantitative estimate of drug-likeness (QED) is 0.287. The largest absolute Gasteiger partial charge is 0.506 e. The summed E-state index contributed by atoms with van der Waals surface area (Å²) in [6, 6.07) is 14.8. The molecule has 2 amide bonds. The number of nitrogens with one attached hydrogen (secondary N) is 1. The van der Waals surface area contributed by atoms with Gasteiger partial charge in [0.15, 0.2) is 15.7 Å². The summed E-state index contributed by atoms with van der Waals surface area (Å²) in [4.78, 5) is 31.0. The number of rotatable bonds is 5. The Morgan fingerprint density at radius 2 is 1.95 bits per heavy atom. The number of halogens is 1. The molecular formula is C25H20ClN5O5S. The van der Waals surface area contributed by atoms with E-state index in [0.29, 0.717) is 11.2 Å². The average Bonchev–Trinajstić information content (AvgIpc) is 3.47. The molecule has 1 saturated heterocycles. The van der Waals surface area contributed by atoms with Crippen LogP contribution in [0.3, 0.4) is 0 Å². The van der Waals surface area contributed by atoms with Crippen LogP contribution in [0.5, 0.6) is 0 Å². The molecule has 2 aliphatic rings. The standard InChI is InChI=1S/C25H20ClN5O5S/c1-30-19-8-3-2-7-18(19)29-23(30)17(12-27)22(32)14-5-4-6-15(11-14)28-21-20(26)24(33)31(25(21)34)16-9-10-37(35,36)13-16/h2-8,11,16,28,32H,9-10,13H2,1H3. The van der Waals surface area contributed by atoms with E-state index in [1.807, 2.05) is 24.3 Å². The number of imide groups is 1. The van der Waals surface area contributed by atoms with Crippen molar-refractivity contribution in [2.75, 3.05) is 16.8 Å². The van der Waals surface area contributed by atoms with E-state index in [9.17, 15) is 28.4 Å². The van der Waals surface area contributed by atoms with Crippen LogP contribution >= 0.6 is 11.6 Å². The van der Waals surface area contributed by atoms with Crippen LogP contribution in [0.1, 0.15) is 17.8 Å². The maximum atomic E-state index is 13.0. The van der Waals surface area contributed by atoms with Gasteiger partial charge in [-0.3, -0.25) is 14.5 Å². The number of amides is 2. The summed E-state index contributed by atoms with van der Waals surface area (Å²) in [5, 5.41) is 23.3. The van der Waals surface area contributed by atoms with Crippen LogP contribution in [-0.2, 0) is 26.5 Å². The first kappa shape index (κ1) is 24.5. The van der Waals surface area contributed by atoms with Crippen molar-refractivity contribution in [2.45, 2.75) is 12.5 Å². The highest BCUT2D eigenvalue weighted by atomic mass is 35.5. The molecule has 0 radical (unpaired) electrons. The molecule has 1 atom stereocenters. The van der Waals surface area contributed by atoms with Crippen LogP contribution in [0.25, 0.3) is 22.4 Å². The number of aryl methyl sites for hydroxylation is 1. The van der Waals surface area contributed by atoms with Crippen molar-refractivity contribution >= 4 is 61.3 Å². The van der Waals surface area contributed by atoms with Gasteiger partial charge in [-0.05, 0) is 30.7 Å². The number of sulfone groups is 1.